The van der Waals surface area contributed by atoms with Crippen molar-refractivity contribution in [3.05, 3.63) is 188 Å². The number of amides is 4. The molecular formula is C66H67F3N18O6. The molecule has 478 valence electrons. The molecule has 6 aromatic heterocycles. The van der Waals surface area contributed by atoms with E-state index in [-0.39, 0.29) is 52.7 Å². The van der Waals surface area contributed by atoms with Gasteiger partial charge in [-0.05, 0) is 228 Å². The van der Waals surface area contributed by atoms with Crippen LogP contribution in [0.3, 0.4) is 0 Å². The molecule has 24 nitrogen and oxygen atoms in total. The van der Waals surface area contributed by atoms with Crippen molar-refractivity contribution in [2.24, 2.45) is 17.0 Å². The van der Waals surface area contributed by atoms with Crippen LogP contribution in [0, 0.1) is 50.1 Å². The Kier molecular flexibility index (Phi) is 20.7. The monoisotopic (exact) mass is 1260 g/mol. The molecule has 3 saturated carbocycles. The number of carbonyl (C=O) groups excluding carboxylic acids is 6. The predicted octanol–water partition coefficient (Wildman–Crippen LogP) is 13.2. The minimum Gasteiger partial charge on any atom is -0.310 e. The zero-order chi connectivity index (χ0) is 66.9. The van der Waals surface area contributed by atoms with E-state index in [1.807, 2.05) is 69.1 Å². The Morgan fingerprint density at radius 3 is 1.20 bits per heavy atom. The van der Waals surface area contributed by atoms with Crippen molar-refractivity contribution in [1.82, 2.24) is 59.2 Å². The van der Waals surface area contributed by atoms with Gasteiger partial charge >= 0.3 is 6.15 Å². The smallest absolute Gasteiger partial charge is 0.310 e. The Balaban J connectivity index is 0.000000162. The lowest BCUT2D eigenvalue weighted by atomic mass is 9.99. The van der Waals surface area contributed by atoms with E-state index in [0.29, 0.717) is 81.5 Å². The lowest BCUT2D eigenvalue weighted by Crippen LogP contribution is -2.16. The number of nitrogens with zero attached hydrogens (tertiary/aromatic N) is 15. The summed E-state index contributed by atoms with van der Waals surface area (Å²) >= 11 is 0. The molecule has 3 fully saturated rings. The Hall–Kier alpha value is -10.9. The minimum absolute atomic E-state index is 0.0438. The summed E-state index contributed by atoms with van der Waals surface area (Å²) in [6, 6.07) is 25.0. The fraction of sp³-hybridized carbons (Fsp3) is 0.333. The van der Waals surface area contributed by atoms with E-state index in [2.05, 4.69) is 78.4 Å². The van der Waals surface area contributed by atoms with Crippen LogP contribution in [0.25, 0.3) is 45.0 Å². The molecule has 93 heavy (non-hydrogen) atoms. The number of rotatable bonds is 16. The number of anilines is 3. The van der Waals surface area contributed by atoms with E-state index in [0.717, 1.165) is 41.5 Å². The largest absolute Gasteiger partial charge is 0.373 e. The minimum atomic E-state index is -0.678. The first-order valence-corrected chi connectivity index (χ1v) is 30.0. The van der Waals surface area contributed by atoms with E-state index in [4.69, 9.17) is 15.1 Å². The van der Waals surface area contributed by atoms with Crippen molar-refractivity contribution in [3.8, 4) is 34.6 Å². The van der Waals surface area contributed by atoms with Gasteiger partial charge in [0.2, 0.25) is 5.91 Å². The molecule has 12 rings (SSSR count). The summed E-state index contributed by atoms with van der Waals surface area (Å²) in [7, 11) is 0. The molecule has 6 heterocycles. The SMILES string of the molecule is Cc1cc(F)c(C(=O)Nc2cccc(-c3nncn3C(C)C)n2)cc1C1CC1.Cc1cc(F)c(C(=O)Nc2cccc(-c3nncn3C(C)C)n2)cc1C1CC1C.Cc1cc(F)c(C(=O)Nc2cccc(-c3nncn3C(C)C)n2)cc1C1CC1C(=O)N=[N+]=[N-].O=C=O. The fourth-order valence-corrected chi connectivity index (χ4v) is 10.8. The van der Waals surface area contributed by atoms with Crippen molar-refractivity contribution < 1.29 is 41.9 Å². The number of aromatic nitrogens is 12. The van der Waals surface area contributed by atoms with Gasteiger partial charge in [-0.3, -0.25) is 19.2 Å². The zero-order valence-electron chi connectivity index (χ0n) is 52.6. The van der Waals surface area contributed by atoms with Gasteiger partial charge in [-0.2, -0.15) is 9.59 Å². The maximum Gasteiger partial charge on any atom is 0.373 e. The molecule has 0 saturated heterocycles. The third-order valence-corrected chi connectivity index (χ3v) is 16.0. The number of benzene rings is 3. The molecule has 3 aliphatic carbocycles. The maximum absolute atomic E-state index is 14.7. The van der Waals surface area contributed by atoms with Crippen LogP contribution in [0.5, 0.6) is 0 Å². The molecule has 0 aliphatic heterocycles. The number of aryl methyl sites for hydroxylation is 3. The average molecular weight is 1270 g/mol. The molecule has 3 aliphatic rings. The Bertz CT molecular complexity index is 4370. The van der Waals surface area contributed by atoms with Gasteiger partial charge < -0.3 is 29.7 Å². The van der Waals surface area contributed by atoms with Crippen LogP contribution >= 0.6 is 0 Å². The summed E-state index contributed by atoms with van der Waals surface area (Å²) in [6.45, 7) is 19.7. The summed E-state index contributed by atoms with van der Waals surface area (Å²) in [5.41, 5.74) is 15.3. The molecule has 4 amide bonds. The summed E-state index contributed by atoms with van der Waals surface area (Å²) in [6.07, 6.45) is 8.90. The second kappa shape index (κ2) is 28.9. The van der Waals surface area contributed by atoms with Crippen molar-refractivity contribution in [1.29, 1.82) is 0 Å². The van der Waals surface area contributed by atoms with E-state index < -0.39 is 47.0 Å². The van der Waals surface area contributed by atoms with Crippen LogP contribution in [-0.4, -0.2) is 89.0 Å². The normalized spacial score (nSPS) is 15.9. The number of hydrogen-bond acceptors (Lipinski definition) is 15. The van der Waals surface area contributed by atoms with Crippen molar-refractivity contribution in [2.75, 3.05) is 16.0 Å². The molecule has 4 unspecified atom stereocenters. The first-order chi connectivity index (χ1) is 44.5. The highest BCUT2D eigenvalue weighted by molar-refractivity contribution is 6.06. The third kappa shape index (κ3) is 15.8. The second-order valence-corrected chi connectivity index (χ2v) is 23.8. The highest BCUT2D eigenvalue weighted by Gasteiger charge is 2.44. The average Bonchev–Trinajstić information content (AvgIpc) is 1.66. The van der Waals surface area contributed by atoms with E-state index >= 15 is 0 Å². The molecule has 9 aromatic rings. The van der Waals surface area contributed by atoms with Gasteiger partial charge in [-0.15, -0.1) is 30.6 Å². The lowest BCUT2D eigenvalue weighted by molar-refractivity contribution is -0.191. The van der Waals surface area contributed by atoms with Gasteiger partial charge in [0, 0.05) is 29.0 Å². The molecule has 0 spiro atoms. The van der Waals surface area contributed by atoms with Gasteiger partial charge in [0.1, 0.15) is 71.0 Å². The van der Waals surface area contributed by atoms with Crippen LogP contribution in [0.4, 0.5) is 30.6 Å². The molecule has 4 atom stereocenters. The molecule has 0 radical (unpaired) electrons. The highest BCUT2D eigenvalue weighted by Crippen LogP contribution is 2.50. The van der Waals surface area contributed by atoms with Gasteiger partial charge in [-0.25, -0.2) is 28.1 Å². The number of nitrogens with one attached hydrogen (secondary N) is 3. The van der Waals surface area contributed by atoms with Crippen LogP contribution < -0.4 is 16.0 Å². The van der Waals surface area contributed by atoms with Crippen molar-refractivity contribution in [3.63, 3.8) is 0 Å². The topological polar surface area (TPSA) is 318 Å². The number of pyridine rings is 3. The number of halogens is 3. The first kappa shape index (κ1) is 66.5. The van der Waals surface area contributed by atoms with E-state index in [9.17, 15) is 32.3 Å². The van der Waals surface area contributed by atoms with Crippen molar-refractivity contribution in [2.45, 2.75) is 131 Å². The summed E-state index contributed by atoms with van der Waals surface area (Å²) < 4.78 is 49.2. The standard InChI is InChI=1S/C22H21FN8O2.C22H24FN5O.C21H22FN5O.CO2/c1-11(2)31-10-25-28-20(31)18-5-4-6-19(26-18)27-21(32)16-8-13(12(3)7-17(16)23)14-9-15(14)22(33)29-30-24;1-12(2)28-11-24-27-21(28)19-6-5-7-20(25-19)26-22(29)17-10-16(15-8-13(15)3)14(4)9-18(17)23;1-12(2)27-11-23-26-20(27)18-5-4-6-19(24-18)25-21(28)16-10-15(14-7-8-14)13(3)9-17(16)22;2-1-3/h4-8,10-11,14-15H,9H2,1-3H3,(H,26,27,32);5-7,9-13,15H,8H2,1-4H3,(H,25,26,29);4-6,9-12,14H,7-8H2,1-3H3,(H,24,25,28);. The van der Waals surface area contributed by atoms with Crippen LogP contribution in [-0.2, 0) is 14.4 Å². The molecule has 27 heteroatoms. The van der Waals surface area contributed by atoms with Crippen LogP contribution in [0.15, 0.2) is 115 Å². The van der Waals surface area contributed by atoms with Gasteiger partial charge in [-0.1, -0.05) is 25.1 Å². The fourth-order valence-electron chi connectivity index (χ4n) is 10.8. The van der Waals surface area contributed by atoms with Gasteiger partial charge in [0.25, 0.3) is 17.7 Å². The summed E-state index contributed by atoms with van der Waals surface area (Å²) in [5.74, 6) is -0.478. The Labute approximate surface area is 532 Å². The predicted molar refractivity (Wildman–Crippen MR) is 337 cm³/mol. The Morgan fingerprint density at radius 2 is 0.882 bits per heavy atom. The molecule has 3 aromatic carbocycles. The van der Waals surface area contributed by atoms with Crippen molar-refractivity contribution >= 4 is 47.2 Å². The molecular weight excluding hydrogens is 1200 g/mol. The number of hydrogen-bond donors (Lipinski definition) is 3. The highest BCUT2D eigenvalue weighted by atomic mass is 19.1. The van der Waals surface area contributed by atoms with Gasteiger partial charge in [0.15, 0.2) is 17.5 Å². The first-order valence-electron chi connectivity index (χ1n) is 30.0. The summed E-state index contributed by atoms with van der Waals surface area (Å²) in [5, 5.41) is 35.4. The van der Waals surface area contributed by atoms with E-state index in [1.54, 1.807) is 92.6 Å². The number of carbonyl (C=O) groups is 4. The van der Waals surface area contributed by atoms with Crippen LogP contribution in [0.2, 0.25) is 0 Å². The van der Waals surface area contributed by atoms with E-state index in [1.165, 1.54) is 24.3 Å². The third-order valence-electron chi connectivity index (χ3n) is 16.0. The Morgan fingerprint density at radius 1 is 0.548 bits per heavy atom. The lowest BCUT2D eigenvalue weighted by Gasteiger charge is -2.12. The van der Waals surface area contributed by atoms with Crippen LogP contribution in [0.1, 0.15) is 174 Å². The maximum atomic E-state index is 14.7. The number of azide groups is 1. The van der Waals surface area contributed by atoms with Gasteiger partial charge in [0.05, 0.1) is 16.7 Å². The quantitative estimate of drug-likeness (QED) is 0.0460. The second-order valence-electron chi connectivity index (χ2n) is 23.8. The molecule has 3 N–H and O–H groups in total. The molecule has 0 bridgehead atoms. The zero-order valence-corrected chi connectivity index (χ0v) is 52.6. The summed E-state index contributed by atoms with van der Waals surface area (Å²) in [4.78, 5) is 82.3.